The highest BCUT2D eigenvalue weighted by Gasteiger charge is 2.43. The standard InChI is InChI=1S/C21H24N2O5/c1-27-17-5-3-2-4-13(17)10-21(8-9-21)22-11-16(25)14-6-7-15(24)19-20(14)28-12-18(26)23-19/h2-7,16,22,24-25H,8-12H2,1H3,(H,23,26). The van der Waals surface area contributed by atoms with E-state index in [1.54, 1.807) is 13.2 Å². The Hall–Kier alpha value is -2.77. The van der Waals surface area contributed by atoms with Crippen LogP contribution in [0.1, 0.15) is 30.1 Å². The van der Waals surface area contributed by atoms with Crippen molar-refractivity contribution in [3.63, 3.8) is 0 Å². The lowest BCUT2D eigenvalue weighted by molar-refractivity contribution is -0.118. The molecular formula is C21H24N2O5. The number of fused-ring (bicyclic) bond motifs is 1. The quantitative estimate of drug-likeness (QED) is 0.546. The van der Waals surface area contributed by atoms with Crippen molar-refractivity contribution in [3.8, 4) is 17.2 Å². The molecule has 4 N–H and O–H groups in total. The minimum atomic E-state index is -0.834. The summed E-state index contributed by atoms with van der Waals surface area (Å²) in [5.74, 6) is 0.777. The van der Waals surface area contributed by atoms with Crippen LogP contribution < -0.4 is 20.1 Å². The number of amides is 1. The number of para-hydroxylation sites is 1. The zero-order chi connectivity index (χ0) is 19.7. The van der Waals surface area contributed by atoms with E-state index in [2.05, 4.69) is 16.7 Å². The molecule has 7 nitrogen and oxygen atoms in total. The van der Waals surface area contributed by atoms with Crippen LogP contribution in [0.25, 0.3) is 0 Å². The molecule has 4 rings (SSSR count). The Morgan fingerprint density at radius 2 is 2.07 bits per heavy atom. The third-order valence-electron chi connectivity index (χ3n) is 5.38. The molecule has 7 heteroatoms. The Balaban J connectivity index is 1.46. The highest BCUT2D eigenvalue weighted by molar-refractivity contribution is 5.97. The number of ether oxygens (including phenoxy) is 2. The summed E-state index contributed by atoms with van der Waals surface area (Å²) in [6.07, 6.45) is 2.04. The average molecular weight is 384 g/mol. The summed E-state index contributed by atoms with van der Waals surface area (Å²) in [6.45, 7) is 0.199. The highest BCUT2D eigenvalue weighted by atomic mass is 16.5. The van der Waals surface area contributed by atoms with Crippen molar-refractivity contribution in [2.24, 2.45) is 0 Å². The fraction of sp³-hybridized carbons (Fsp3) is 0.381. The third-order valence-corrected chi connectivity index (χ3v) is 5.38. The lowest BCUT2D eigenvalue weighted by Crippen LogP contribution is -2.37. The molecule has 1 amide bonds. The second-order valence-corrected chi connectivity index (χ2v) is 7.38. The Labute approximate surface area is 163 Å². The lowest BCUT2D eigenvalue weighted by atomic mass is 10.0. The minimum Gasteiger partial charge on any atom is -0.506 e. The van der Waals surface area contributed by atoms with E-state index in [9.17, 15) is 15.0 Å². The third kappa shape index (κ3) is 3.63. The van der Waals surface area contributed by atoms with Gasteiger partial charge in [0, 0.05) is 17.6 Å². The van der Waals surface area contributed by atoms with Gasteiger partial charge >= 0.3 is 0 Å². The average Bonchev–Trinajstić information content (AvgIpc) is 3.47. The van der Waals surface area contributed by atoms with Gasteiger partial charge in [0.15, 0.2) is 12.4 Å². The summed E-state index contributed by atoms with van der Waals surface area (Å²) < 4.78 is 10.9. The van der Waals surface area contributed by atoms with Gasteiger partial charge in [-0.2, -0.15) is 0 Å². The van der Waals surface area contributed by atoms with E-state index < -0.39 is 6.10 Å². The number of hydrogen-bond donors (Lipinski definition) is 4. The molecule has 1 unspecified atom stereocenters. The van der Waals surface area contributed by atoms with Crippen molar-refractivity contribution in [3.05, 3.63) is 47.5 Å². The molecule has 1 saturated carbocycles. The maximum absolute atomic E-state index is 11.5. The number of anilines is 1. The van der Waals surface area contributed by atoms with Crippen molar-refractivity contribution >= 4 is 11.6 Å². The Morgan fingerprint density at radius 1 is 1.29 bits per heavy atom. The number of carbonyl (C=O) groups is 1. The van der Waals surface area contributed by atoms with Gasteiger partial charge in [-0.3, -0.25) is 4.79 Å². The van der Waals surface area contributed by atoms with Crippen molar-refractivity contribution in [2.75, 3.05) is 25.6 Å². The second-order valence-electron chi connectivity index (χ2n) is 7.38. The Morgan fingerprint density at radius 3 is 2.82 bits per heavy atom. The molecule has 1 atom stereocenters. The highest BCUT2D eigenvalue weighted by Crippen LogP contribution is 2.43. The fourth-order valence-corrected chi connectivity index (χ4v) is 3.64. The van der Waals surface area contributed by atoms with Crippen LogP contribution in [0.4, 0.5) is 5.69 Å². The predicted octanol–water partition coefficient (Wildman–Crippen LogP) is 2.13. The number of aliphatic hydroxyl groups excluding tert-OH is 1. The molecule has 1 aliphatic carbocycles. The van der Waals surface area contributed by atoms with Gasteiger partial charge in [-0.1, -0.05) is 18.2 Å². The summed E-state index contributed by atoms with van der Waals surface area (Å²) in [5.41, 5.74) is 1.83. The molecule has 0 radical (unpaired) electrons. The van der Waals surface area contributed by atoms with E-state index in [1.807, 2.05) is 18.2 Å². The summed E-state index contributed by atoms with van der Waals surface area (Å²) >= 11 is 0. The van der Waals surface area contributed by atoms with Gasteiger partial charge in [0.05, 0.1) is 13.2 Å². The summed E-state index contributed by atoms with van der Waals surface area (Å²) in [6, 6.07) is 11.0. The van der Waals surface area contributed by atoms with E-state index in [-0.39, 0.29) is 29.5 Å². The molecule has 28 heavy (non-hydrogen) atoms. The van der Waals surface area contributed by atoms with Gasteiger partial charge in [0.2, 0.25) is 0 Å². The zero-order valence-electron chi connectivity index (χ0n) is 15.7. The molecule has 2 aromatic carbocycles. The van der Waals surface area contributed by atoms with Crippen LogP contribution in [0, 0.1) is 0 Å². The molecule has 0 saturated heterocycles. The van der Waals surface area contributed by atoms with E-state index in [0.717, 1.165) is 30.6 Å². The van der Waals surface area contributed by atoms with Gasteiger partial charge in [-0.15, -0.1) is 0 Å². The van der Waals surface area contributed by atoms with Crippen LogP contribution >= 0.6 is 0 Å². The number of rotatable bonds is 7. The van der Waals surface area contributed by atoms with Gasteiger partial charge in [0.1, 0.15) is 17.2 Å². The summed E-state index contributed by atoms with van der Waals surface area (Å²) in [4.78, 5) is 11.5. The molecule has 1 heterocycles. The maximum atomic E-state index is 11.5. The van der Waals surface area contributed by atoms with Crippen molar-refractivity contribution in [1.29, 1.82) is 0 Å². The van der Waals surface area contributed by atoms with Crippen molar-refractivity contribution < 1.29 is 24.5 Å². The smallest absolute Gasteiger partial charge is 0.262 e. The molecule has 2 aromatic rings. The SMILES string of the molecule is COc1ccccc1CC1(NCC(O)c2ccc(O)c3c2OCC(=O)N3)CC1. The first-order valence-electron chi connectivity index (χ1n) is 9.35. The Kier molecular flexibility index (Phi) is 4.87. The number of aromatic hydroxyl groups is 1. The number of carbonyl (C=O) groups excluding carboxylic acids is 1. The lowest BCUT2D eigenvalue weighted by Gasteiger charge is -2.25. The molecule has 1 aliphatic heterocycles. The number of hydrogen-bond acceptors (Lipinski definition) is 6. The Bertz CT molecular complexity index is 894. The number of aliphatic hydroxyl groups is 1. The van der Waals surface area contributed by atoms with Gasteiger partial charge in [-0.25, -0.2) is 0 Å². The van der Waals surface area contributed by atoms with Crippen LogP contribution in [-0.2, 0) is 11.2 Å². The van der Waals surface area contributed by atoms with Crippen LogP contribution in [0.3, 0.4) is 0 Å². The maximum Gasteiger partial charge on any atom is 0.262 e. The molecule has 2 aliphatic rings. The predicted molar refractivity (Wildman–Crippen MR) is 104 cm³/mol. The van der Waals surface area contributed by atoms with E-state index in [0.29, 0.717) is 17.9 Å². The number of benzene rings is 2. The molecule has 0 bridgehead atoms. The first kappa shape index (κ1) is 18.6. The van der Waals surface area contributed by atoms with Gasteiger partial charge < -0.3 is 30.3 Å². The van der Waals surface area contributed by atoms with Gasteiger partial charge in [-0.05, 0) is 43.0 Å². The molecule has 0 aromatic heterocycles. The largest absolute Gasteiger partial charge is 0.506 e. The van der Waals surface area contributed by atoms with E-state index in [4.69, 9.17) is 9.47 Å². The minimum absolute atomic E-state index is 0.0539. The molecular weight excluding hydrogens is 360 g/mol. The number of nitrogens with one attached hydrogen (secondary N) is 2. The van der Waals surface area contributed by atoms with Crippen LogP contribution in [0.5, 0.6) is 17.2 Å². The van der Waals surface area contributed by atoms with Gasteiger partial charge in [0.25, 0.3) is 5.91 Å². The summed E-state index contributed by atoms with van der Waals surface area (Å²) in [7, 11) is 1.67. The van der Waals surface area contributed by atoms with E-state index in [1.165, 1.54) is 6.07 Å². The molecule has 0 spiro atoms. The van der Waals surface area contributed by atoms with Crippen LogP contribution in [-0.4, -0.2) is 41.9 Å². The monoisotopic (exact) mass is 384 g/mol. The normalized spacial score (nSPS) is 17.9. The number of phenols is 1. The number of β-amino-alcohol motifs (C(OH)–C–C–N with tert-alkyl or cyclic N) is 1. The van der Waals surface area contributed by atoms with Crippen molar-refractivity contribution in [1.82, 2.24) is 5.32 Å². The first-order chi connectivity index (χ1) is 13.5. The fourth-order valence-electron chi connectivity index (χ4n) is 3.64. The van der Waals surface area contributed by atoms with Crippen LogP contribution in [0.15, 0.2) is 36.4 Å². The number of phenolic OH excluding ortho intramolecular Hbond substituents is 1. The summed E-state index contributed by atoms with van der Waals surface area (Å²) in [5, 5.41) is 26.8. The molecule has 148 valence electrons. The number of methoxy groups -OCH3 is 1. The van der Waals surface area contributed by atoms with E-state index >= 15 is 0 Å². The second kappa shape index (κ2) is 7.33. The zero-order valence-corrected chi connectivity index (χ0v) is 15.7. The topological polar surface area (TPSA) is 100 Å². The van der Waals surface area contributed by atoms with Crippen LogP contribution in [0.2, 0.25) is 0 Å². The first-order valence-corrected chi connectivity index (χ1v) is 9.35. The van der Waals surface area contributed by atoms with Crippen molar-refractivity contribution in [2.45, 2.75) is 30.9 Å². The molecule has 1 fully saturated rings.